The third kappa shape index (κ3) is 42.0. The smallest absolute Gasteiger partial charge is 0.193 e. The van der Waals surface area contributed by atoms with Crippen molar-refractivity contribution < 1.29 is 4.79 Å². The van der Waals surface area contributed by atoms with Crippen molar-refractivity contribution in [1.82, 2.24) is 0 Å². The highest BCUT2D eigenvalue weighted by Gasteiger charge is 2.45. The Balaban J connectivity index is 0. The number of fused-ring (bicyclic) bond motifs is 4. The Kier molecular flexibility index (Phi) is 77.2. The van der Waals surface area contributed by atoms with Gasteiger partial charge in [-0.05, 0) is 103 Å². The molecular weight excluding hydrogens is 1660 g/mol. The summed E-state index contributed by atoms with van der Waals surface area (Å²) >= 11 is 0. The number of aryl methyl sites for hydroxylation is 2. The summed E-state index contributed by atoms with van der Waals surface area (Å²) in [6, 6.07) is 180. The lowest BCUT2D eigenvalue weighted by Gasteiger charge is -2.36. The van der Waals surface area contributed by atoms with Crippen molar-refractivity contribution in [2.24, 2.45) is 0 Å². The fraction of sp³-hybridized carbons (Fsp3) is 0.219. The monoisotopic (exact) mass is 1830 g/mol. The molecule has 18 aromatic carbocycles. The van der Waals surface area contributed by atoms with Gasteiger partial charge >= 0.3 is 0 Å². The van der Waals surface area contributed by atoms with Crippen molar-refractivity contribution in [3.8, 4) is 33.4 Å². The molecule has 0 heterocycles. The van der Waals surface area contributed by atoms with Gasteiger partial charge in [-0.1, -0.05) is 713 Å². The van der Waals surface area contributed by atoms with Crippen LogP contribution in [0.4, 0.5) is 0 Å². The minimum Gasteiger partial charge on any atom is -0.289 e. The Morgan fingerprint density at radius 1 is 0.167 bits per heavy atom. The quantitative estimate of drug-likeness (QED) is 0.0985. The van der Waals surface area contributed by atoms with E-state index in [9.17, 15) is 4.79 Å². The Hall–Kier alpha value is -14.1. The molecular formula is C137H170O. The average molecular weight is 1830 g/mol. The first-order chi connectivity index (χ1) is 68.4. The second-order valence-electron chi connectivity index (χ2n) is 27.0. The number of hydrogen-bond acceptors (Lipinski definition) is 1. The molecule has 1 heteroatoms. The SMILES string of the molecule is CC.CC.CC.CC.CC.CC.CC.CC.CC.CC.CC.CC.CC.Cc1ccccc1.Cc1ccccc1.O=C(c1ccccc1)c1ccccc1.c1ccc(-c2ccccc2)cc1.c1ccc(-c2ccccc2)cc1.c1ccc(C(c2ccccc2)(c2ccccc2)c2ccccc2)cc1.c1ccc(C2(c3ccccc3)c3ccccc3-c3ccccc32)cc1.c1ccc2ccccc2c1. The molecule has 1 aliphatic carbocycles. The van der Waals surface area contributed by atoms with Crippen LogP contribution in [-0.2, 0) is 10.8 Å². The summed E-state index contributed by atoms with van der Waals surface area (Å²) in [5, 5.41) is 2.62. The maximum absolute atomic E-state index is 11.8. The van der Waals surface area contributed by atoms with E-state index in [4.69, 9.17) is 0 Å². The first-order valence-corrected chi connectivity index (χ1v) is 51.3. The van der Waals surface area contributed by atoms with Gasteiger partial charge in [0.2, 0.25) is 0 Å². The highest BCUT2D eigenvalue weighted by atomic mass is 16.1. The largest absolute Gasteiger partial charge is 0.289 e. The van der Waals surface area contributed by atoms with Crippen molar-refractivity contribution in [3.05, 3.63) is 588 Å². The predicted octanol–water partition coefficient (Wildman–Crippen LogP) is 41.9. The Morgan fingerprint density at radius 3 is 0.507 bits per heavy atom. The van der Waals surface area contributed by atoms with Crippen LogP contribution in [-0.4, -0.2) is 5.78 Å². The molecule has 0 N–H and O–H groups in total. The van der Waals surface area contributed by atoms with Gasteiger partial charge in [0.25, 0.3) is 0 Å². The van der Waals surface area contributed by atoms with Crippen LogP contribution in [0.15, 0.2) is 522 Å². The Bertz CT molecular complexity index is 4990. The van der Waals surface area contributed by atoms with Gasteiger partial charge in [0.15, 0.2) is 5.78 Å². The summed E-state index contributed by atoms with van der Waals surface area (Å²) < 4.78 is 0. The molecule has 138 heavy (non-hydrogen) atoms. The third-order valence-electron chi connectivity index (χ3n) is 19.6. The summed E-state index contributed by atoms with van der Waals surface area (Å²) in [6.07, 6.45) is 0. The standard InChI is InChI=1S/C25H18.C25H20.C13H10O.2C12H10.C10H8.2C7H8.13C2H6/c1-3-11-19(12-4-1)25(20-13-5-2-6-14-20)23-17-9-7-15-21(23)22-16-8-10-18-24(22)25;1-5-13-21(14-6-1)25(22-15-7-2-8-16-22,23-17-9-3-10-18-23)24-19-11-4-12-20-24;14-13(11-7-3-1-4-8-11)12-9-5-2-6-10-12;2*1-3-7-11(8-4-1)12-9-5-2-6-10-12;1-2-6-10-8-4-3-7-9(10)5-1;2*1-7-5-3-2-4-6-7;13*1-2/h1-18H;1-20H;1-10H;2*1-10H;1-8H;2*2-6H,1H3;13*1-2H3. The minimum atomic E-state index is -0.328. The summed E-state index contributed by atoms with van der Waals surface area (Å²) in [5.41, 5.74) is 21.8. The second kappa shape index (κ2) is 84.6. The van der Waals surface area contributed by atoms with Crippen molar-refractivity contribution in [2.75, 3.05) is 0 Å². The molecule has 1 aliphatic rings. The molecule has 18 aromatic rings. The van der Waals surface area contributed by atoms with Crippen LogP contribution in [0.25, 0.3) is 44.2 Å². The van der Waals surface area contributed by atoms with Gasteiger partial charge in [-0.2, -0.15) is 0 Å². The van der Waals surface area contributed by atoms with E-state index in [1.165, 1.54) is 99.8 Å². The molecule has 0 unspecified atom stereocenters. The van der Waals surface area contributed by atoms with E-state index in [1.807, 2.05) is 301 Å². The van der Waals surface area contributed by atoms with Crippen LogP contribution in [0.1, 0.15) is 252 Å². The molecule has 0 saturated carbocycles. The zero-order valence-corrected chi connectivity index (χ0v) is 89.6. The third-order valence-corrected chi connectivity index (χ3v) is 19.6. The van der Waals surface area contributed by atoms with Gasteiger partial charge in [0.05, 0.1) is 10.8 Å². The van der Waals surface area contributed by atoms with Crippen LogP contribution < -0.4 is 0 Å². The van der Waals surface area contributed by atoms with Crippen molar-refractivity contribution in [1.29, 1.82) is 0 Å². The average Bonchev–Trinajstić information content (AvgIpc) is 1.54. The van der Waals surface area contributed by atoms with Crippen molar-refractivity contribution in [3.63, 3.8) is 0 Å². The molecule has 1 nitrogen and oxygen atoms in total. The zero-order chi connectivity index (χ0) is 103. The predicted molar refractivity (Wildman–Crippen MR) is 622 cm³/mol. The van der Waals surface area contributed by atoms with Gasteiger partial charge in [0, 0.05) is 11.1 Å². The first-order valence-electron chi connectivity index (χ1n) is 51.3. The van der Waals surface area contributed by atoms with Crippen LogP contribution in [0.2, 0.25) is 0 Å². The molecule has 0 atom stereocenters. The van der Waals surface area contributed by atoms with E-state index in [-0.39, 0.29) is 16.6 Å². The van der Waals surface area contributed by atoms with E-state index >= 15 is 0 Å². The number of rotatable bonds is 10. The summed E-state index contributed by atoms with van der Waals surface area (Å²) in [6.45, 7) is 56.2. The van der Waals surface area contributed by atoms with Crippen LogP contribution in [0, 0.1) is 13.8 Å². The van der Waals surface area contributed by atoms with E-state index in [2.05, 4.69) is 414 Å². The molecule has 19 rings (SSSR count). The van der Waals surface area contributed by atoms with E-state index in [1.54, 1.807) is 0 Å². The van der Waals surface area contributed by atoms with Gasteiger partial charge in [-0.3, -0.25) is 4.79 Å². The maximum Gasteiger partial charge on any atom is 0.193 e. The normalized spacial score (nSPS) is 9.39. The van der Waals surface area contributed by atoms with Gasteiger partial charge in [-0.25, -0.2) is 0 Å². The summed E-state index contributed by atoms with van der Waals surface area (Å²) in [7, 11) is 0. The van der Waals surface area contributed by atoms with Gasteiger partial charge in [0.1, 0.15) is 0 Å². The summed E-state index contributed by atoms with van der Waals surface area (Å²) in [5.74, 6) is 0.0752. The van der Waals surface area contributed by atoms with Gasteiger partial charge in [-0.15, -0.1) is 0 Å². The number of hydrogen-bond donors (Lipinski definition) is 0. The Morgan fingerprint density at radius 2 is 0.319 bits per heavy atom. The number of carbonyl (C=O) groups excluding carboxylic acids is 1. The molecule has 0 radical (unpaired) electrons. The lowest BCUT2D eigenvalue weighted by Crippen LogP contribution is -2.30. The maximum atomic E-state index is 11.8. The molecule has 0 aliphatic heterocycles. The Labute approximate surface area is 842 Å². The number of benzene rings is 18. The van der Waals surface area contributed by atoms with E-state index < -0.39 is 0 Å². The molecule has 0 aromatic heterocycles. The molecule has 0 saturated heterocycles. The lowest BCUT2D eigenvalue weighted by atomic mass is 9.65. The van der Waals surface area contributed by atoms with E-state index in [0.29, 0.717) is 0 Å². The van der Waals surface area contributed by atoms with Crippen LogP contribution >= 0.6 is 0 Å². The van der Waals surface area contributed by atoms with Crippen molar-refractivity contribution >= 4 is 16.6 Å². The summed E-state index contributed by atoms with van der Waals surface area (Å²) in [4.78, 5) is 11.8. The fourth-order valence-electron chi connectivity index (χ4n) is 14.2. The fourth-order valence-corrected chi connectivity index (χ4v) is 14.2. The topological polar surface area (TPSA) is 17.1 Å². The highest BCUT2D eigenvalue weighted by Crippen LogP contribution is 2.56. The number of carbonyl (C=O) groups is 1. The molecule has 0 amide bonds. The lowest BCUT2D eigenvalue weighted by molar-refractivity contribution is 0.103. The number of ketones is 1. The van der Waals surface area contributed by atoms with Crippen LogP contribution in [0.5, 0.6) is 0 Å². The van der Waals surface area contributed by atoms with Crippen LogP contribution in [0.3, 0.4) is 0 Å². The van der Waals surface area contributed by atoms with E-state index in [0.717, 1.165) is 11.1 Å². The minimum absolute atomic E-state index is 0.0752. The molecule has 724 valence electrons. The highest BCUT2D eigenvalue weighted by molar-refractivity contribution is 6.09. The molecule has 0 bridgehead atoms. The first kappa shape index (κ1) is 126. The van der Waals surface area contributed by atoms with Crippen molar-refractivity contribution in [2.45, 2.75) is 205 Å². The second-order valence-corrected chi connectivity index (χ2v) is 27.0. The zero-order valence-electron chi connectivity index (χ0n) is 89.6. The van der Waals surface area contributed by atoms with Gasteiger partial charge < -0.3 is 0 Å². The molecule has 0 fully saturated rings. The molecule has 0 spiro atoms.